The lowest BCUT2D eigenvalue weighted by atomic mass is 9.90. The minimum atomic E-state index is -0.318. The van der Waals surface area contributed by atoms with Crippen molar-refractivity contribution in [3.05, 3.63) is 30.4 Å². The van der Waals surface area contributed by atoms with Gasteiger partial charge in [-0.25, -0.2) is 4.98 Å². The highest BCUT2D eigenvalue weighted by atomic mass is 16.2. The summed E-state index contributed by atoms with van der Waals surface area (Å²) in [5.74, 6) is 0.582. The average Bonchev–Trinajstić information content (AvgIpc) is 3.11. The SMILES string of the molecule is CC(C)n1nccc1-c1cncc(C2CCN(C(=O)C(C)(C)C)CC2)n1. The van der Waals surface area contributed by atoms with Crippen molar-refractivity contribution in [2.24, 2.45) is 5.41 Å². The largest absolute Gasteiger partial charge is 0.342 e. The van der Waals surface area contributed by atoms with E-state index in [0.717, 1.165) is 43.0 Å². The molecule has 0 bridgehead atoms. The first-order valence-electron chi connectivity index (χ1n) is 9.42. The Kier molecular flexibility index (Phi) is 5.12. The molecule has 0 saturated carbocycles. The van der Waals surface area contributed by atoms with Gasteiger partial charge in [-0.1, -0.05) is 20.8 Å². The Morgan fingerprint density at radius 2 is 1.88 bits per heavy atom. The Balaban J connectivity index is 1.74. The number of aromatic nitrogens is 4. The van der Waals surface area contributed by atoms with Crippen molar-refractivity contribution >= 4 is 5.91 Å². The summed E-state index contributed by atoms with van der Waals surface area (Å²) in [6.45, 7) is 11.7. The maximum absolute atomic E-state index is 12.5. The number of carbonyl (C=O) groups excluding carboxylic acids is 1. The van der Waals surface area contributed by atoms with E-state index >= 15 is 0 Å². The number of carbonyl (C=O) groups is 1. The molecule has 6 nitrogen and oxygen atoms in total. The fourth-order valence-corrected chi connectivity index (χ4v) is 3.48. The topological polar surface area (TPSA) is 63.9 Å². The summed E-state index contributed by atoms with van der Waals surface area (Å²) in [6, 6.07) is 2.26. The van der Waals surface area contributed by atoms with Gasteiger partial charge in [0.1, 0.15) is 5.69 Å². The van der Waals surface area contributed by atoms with Crippen LogP contribution in [0.4, 0.5) is 0 Å². The summed E-state index contributed by atoms with van der Waals surface area (Å²) in [4.78, 5) is 23.7. The van der Waals surface area contributed by atoms with Gasteiger partial charge in [-0.15, -0.1) is 0 Å². The molecule has 2 aromatic rings. The van der Waals surface area contributed by atoms with E-state index in [1.54, 1.807) is 12.4 Å². The zero-order valence-electron chi connectivity index (χ0n) is 16.4. The molecule has 0 aliphatic carbocycles. The molecule has 0 aromatic carbocycles. The van der Waals surface area contributed by atoms with Gasteiger partial charge in [0.15, 0.2) is 0 Å². The first-order chi connectivity index (χ1) is 12.3. The predicted octanol–water partition coefficient (Wildman–Crippen LogP) is 3.67. The summed E-state index contributed by atoms with van der Waals surface area (Å²) < 4.78 is 1.97. The van der Waals surface area contributed by atoms with Gasteiger partial charge >= 0.3 is 0 Å². The zero-order valence-corrected chi connectivity index (χ0v) is 16.4. The molecule has 26 heavy (non-hydrogen) atoms. The van der Waals surface area contributed by atoms with Crippen LogP contribution in [0, 0.1) is 5.41 Å². The number of likely N-dealkylation sites (tertiary alicyclic amines) is 1. The standard InChI is InChI=1S/C20H29N5O/c1-14(2)25-18(6-9-22-25)17-13-21-12-16(23-17)15-7-10-24(11-8-15)19(26)20(3,4)5/h6,9,12-15H,7-8,10-11H2,1-5H3. The summed E-state index contributed by atoms with van der Waals surface area (Å²) >= 11 is 0. The maximum atomic E-state index is 12.5. The molecule has 6 heteroatoms. The molecule has 1 aliphatic rings. The molecule has 3 heterocycles. The molecule has 3 rings (SSSR count). The van der Waals surface area contributed by atoms with Gasteiger partial charge in [-0.2, -0.15) is 5.10 Å². The van der Waals surface area contributed by atoms with Crippen LogP contribution in [-0.4, -0.2) is 43.6 Å². The average molecular weight is 355 g/mol. The normalized spacial score (nSPS) is 16.3. The van der Waals surface area contributed by atoms with Crippen LogP contribution in [0.15, 0.2) is 24.7 Å². The highest BCUT2D eigenvalue weighted by Crippen LogP contribution is 2.30. The number of hydrogen-bond acceptors (Lipinski definition) is 4. The second-order valence-corrected chi connectivity index (χ2v) is 8.40. The van der Waals surface area contributed by atoms with Crippen LogP contribution < -0.4 is 0 Å². The van der Waals surface area contributed by atoms with Gasteiger partial charge in [0.2, 0.25) is 5.91 Å². The van der Waals surface area contributed by atoms with E-state index in [-0.39, 0.29) is 17.4 Å². The van der Waals surface area contributed by atoms with Gasteiger partial charge in [-0.3, -0.25) is 14.5 Å². The molecule has 1 saturated heterocycles. The van der Waals surface area contributed by atoms with Crippen molar-refractivity contribution in [2.75, 3.05) is 13.1 Å². The van der Waals surface area contributed by atoms with Crippen LogP contribution in [0.2, 0.25) is 0 Å². The molecule has 0 N–H and O–H groups in total. The van der Waals surface area contributed by atoms with Crippen LogP contribution >= 0.6 is 0 Å². The second kappa shape index (κ2) is 7.17. The van der Waals surface area contributed by atoms with E-state index in [0.29, 0.717) is 5.92 Å². The number of rotatable bonds is 3. The van der Waals surface area contributed by atoms with Crippen LogP contribution in [0.1, 0.15) is 65.1 Å². The third kappa shape index (κ3) is 3.79. The van der Waals surface area contributed by atoms with E-state index < -0.39 is 0 Å². The molecule has 0 atom stereocenters. The lowest BCUT2D eigenvalue weighted by Gasteiger charge is -2.35. The molecule has 1 aliphatic heterocycles. The van der Waals surface area contributed by atoms with Crippen LogP contribution in [0.5, 0.6) is 0 Å². The third-order valence-electron chi connectivity index (χ3n) is 4.92. The van der Waals surface area contributed by atoms with Crippen LogP contribution in [0.3, 0.4) is 0 Å². The fourth-order valence-electron chi connectivity index (χ4n) is 3.48. The van der Waals surface area contributed by atoms with Gasteiger partial charge < -0.3 is 4.90 Å². The van der Waals surface area contributed by atoms with Crippen molar-refractivity contribution in [2.45, 2.75) is 59.4 Å². The molecule has 1 fully saturated rings. The van der Waals surface area contributed by atoms with Gasteiger partial charge in [0.05, 0.1) is 17.6 Å². The molecule has 0 unspecified atom stereocenters. The molecule has 1 amide bonds. The van der Waals surface area contributed by atoms with Gasteiger partial charge in [0.25, 0.3) is 0 Å². The maximum Gasteiger partial charge on any atom is 0.227 e. The number of hydrogen-bond donors (Lipinski definition) is 0. The fraction of sp³-hybridized carbons (Fsp3) is 0.600. The summed E-state index contributed by atoms with van der Waals surface area (Å²) in [5, 5.41) is 4.39. The Hall–Kier alpha value is -2.24. The van der Waals surface area contributed by atoms with Crippen molar-refractivity contribution in [3.63, 3.8) is 0 Å². The lowest BCUT2D eigenvalue weighted by Crippen LogP contribution is -2.43. The van der Waals surface area contributed by atoms with E-state index in [9.17, 15) is 4.79 Å². The minimum absolute atomic E-state index is 0.233. The Morgan fingerprint density at radius 3 is 2.50 bits per heavy atom. The Morgan fingerprint density at radius 1 is 1.19 bits per heavy atom. The summed E-state index contributed by atoms with van der Waals surface area (Å²) in [6.07, 6.45) is 7.34. The summed E-state index contributed by atoms with van der Waals surface area (Å²) in [7, 11) is 0. The number of amides is 1. The van der Waals surface area contributed by atoms with Crippen LogP contribution in [-0.2, 0) is 4.79 Å². The molecule has 2 aromatic heterocycles. The Bertz CT molecular complexity index is 767. The minimum Gasteiger partial charge on any atom is -0.342 e. The monoisotopic (exact) mass is 355 g/mol. The first kappa shape index (κ1) is 18.5. The zero-order chi connectivity index (χ0) is 18.9. The highest BCUT2D eigenvalue weighted by Gasteiger charge is 2.31. The van der Waals surface area contributed by atoms with E-state index in [2.05, 4.69) is 23.9 Å². The molecule has 0 spiro atoms. The van der Waals surface area contributed by atoms with Crippen LogP contribution in [0.25, 0.3) is 11.4 Å². The molecular weight excluding hydrogens is 326 g/mol. The van der Waals surface area contributed by atoms with Crippen molar-refractivity contribution in [1.82, 2.24) is 24.6 Å². The Labute approximate surface area is 155 Å². The predicted molar refractivity (Wildman–Crippen MR) is 102 cm³/mol. The van der Waals surface area contributed by atoms with Crippen molar-refractivity contribution in [1.29, 1.82) is 0 Å². The van der Waals surface area contributed by atoms with Crippen molar-refractivity contribution in [3.8, 4) is 11.4 Å². The number of piperidine rings is 1. The smallest absolute Gasteiger partial charge is 0.227 e. The van der Waals surface area contributed by atoms with E-state index in [1.165, 1.54) is 0 Å². The molecule has 0 radical (unpaired) electrons. The molecular formula is C20H29N5O. The number of nitrogens with zero attached hydrogens (tertiary/aromatic N) is 5. The first-order valence-corrected chi connectivity index (χ1v) is 9.42. The lowest BCUT2D eigenvalue weighted by molar-refractivity contribution is -0.140. The van der Waals surface area contributed by atoms with E-state index in [1.807, 2.05) is 42.6 Å². The van der Waals surface area contributed by atoms with E-state index in [4.69, 9.17) is 4.98 Å². The molecule has 140 valence electrons. The van der Waals surface area contributed by atoms with Gasteiger partial charge in [-0.05, 0) is 32.8 Å². The van der Waals surface area contributed by atoms with Crippen molar-refractivity contribution < 1.29 is 4.79 Å². The van der Waals surface area contributed by atoms with Gasteiger partial charge in [0, 0.05) is 42.9 Å². The highest BCUT2D eigenvalue weighted by molar-refractivity contribution is 5.81. The second-order valence-electron chi connectivity index (χ2n) is 8.40. The third-order valence-corrected chi connectivity index (χ3v) is 4.92. The summed E-state index contributed by atoms with van der Waals surface area (Å²) in [5.41, 5.74) is 2.56. The quantitative estimate of drug-likeness (QED) is 0.842.